The minimum Gasteiger partial charge on any atom is -0.469 e. The van der Waals surface area contributed by atoms with Crippen LogP contribution in [0, 0.1) is 11.8 Å². The highest BCUT2D eigenvalue weighted by Gasteiger charge is 2.13. The molecule has 0 aromatic rings. The van der Waals surface area contributed by atoms with Crippen LogP contribution in [-0.2, 0) is 9.53 Å². The summed E-state index contributed by atoms with van der Waals surface area (Å²) in [5, 5.41) is 0. The Morgan fingerprint density at radius 3 is 2.09 bits per heavy atom. The molecule has 0 bridgehead atoms. The first-order valence-corrected chi connectivity index (χ1v) is 3.65. The van der Waals surface area contributed by atoms with E-state index < -0.39 is 0 Å². The second-order valence-electron chi connectivity index (χ2n) is 3.05. The number of esters is 1. The summed E-state index contributed by atoms with van der Waals surface area (Å²) >= 11 is 0. The summed E-state index contributed by atoms with van der Waals surface area (Å²) < 4.78 is 4.57. The Balaban J connectivity index is 0. The zero-order valence-corrected chi connectivity index (χ0v) is 8.40. The van der Waals surface area contributed by atoms with Crippen LogP contribution in [0.25, 0.3) is 0 Å². The molecule has 0 radical (unpaired) electrons. The quantitative estimate of drug-likeness (QED) is 0.623. The summed E-state index contributed by atoms with van der Waals surface area (Å²) in [7, 11) is 1.43. The van der Waals surface area contributed by atoms with Crippen LogP contribution in [0.15, 0.2) is 0 Å². The van der Waals surface area contributed by atoms with Gasteiger partial charge in [0.05, 0.1) is 13.0 Å². The third-order valence-corrected chi connectivity index (χ3v) is 1.43. The third-order valence-electron chi connectivity index (χ3n) is 1.43. The van der Waals surface area contributed by atoms with Crippen LogP contribution in [0.3, 0.4) is 0 Å². The van der Waals surface area contributed by atoms with Gasteiger partial charge in [-0.3, -0.25) is 4.79 Å². The molecule has 0 aromatic heterocycles. The monoisotopic (exact) mass is 180 g/mol. The normalized spacial score (nSPS) is 12.1. The first kappa shape index (κ1) is 13.4. The molecule has 68 valence electrons. The number of hydrogen-bond acceptors (Lipinski definition) is 2. The summed E-state index contributed by atoms with van der Waals surface area (Å²) in [4.78, 5) is 10.8. The highest BCUT2D eigenvalue weighted by molar-refractivity contribution is 5.85. The Kier molecular flexibility index (Phi) is 7.85. The van der Waals surface area contributed by atoms with E-state index in [2.05, 4.69) is 18.6 Å². The maximum Gasteiger partial charge on any atom is 0.308 e. The average molecular weight is 181 g/mol. The zero-order chi connectivity index (χ0) is 8.15. The van der Waals surface area contributed by atoms with Crippen molar-refractivity contribution in [3.8, 4) is 0 Å². The number of carbonyl (C=O) groups excluding carboxylic acids is 1. The molecular formula is C8H17ClO2. The predicted octanol–water partition coefficient (Wildman–Crippen LogP) is 2.26. The number of halogens is 1. The van der Waals surface area contributed by atoms with Crippen molar-refractivity contribution in [2.24, 2.45) is 11.8 Å². The lowest BCUT2D eigenvalue weighted by atomic mass is 9.99. The minimum atomic E-state index is -0.103. The molecule has 0 N–H and O–H groups in total. The van der Waals surface area contributed by atoms with E-state index in [1.54, 1.807) is 0 Å². The second kappa shape index (κ2) is 6.47. The van der Waals surface area contributed by atoms with Gasteiger partial charge in [0.25, 0.3) is 0 Å². The molecule has 0 heterocycles. The Hall–Kier alpha value is -0.240. The molecule has 0 spiro atoms. The SMILES string of the molecule is COC(=O)[C@@H](C)CC(C)C.Cl. The molecule has 0 aliphatic rings. The van der Waals surface area contributed by atoms with Gasteiger partial charge < -0.3 is 4.74 Å². The summed E-state index contributed by atoms with van der Waals surface area (Å²) in [6, 6.07) is 0. The van der Waals surface area contributed by atoms with Gasteiger partial charge in [0.15, 0.2) is 0 Å². The largest absolute Gasteiger partial charge is 0.469 e. The van der Waals surface area contributed by atoms with E-state index in [0.29, 0.717) is 5.92 Å². The molecule has 0 saturated carbocycles. The Morgan fingerprint density at radius 2 is 1.82 bits per heavy atom. The molecule has 0 fully saturated rings. The molecule has 1 atom stereocenters. The Morgan fingerprint density at radius 1 is 1.36 bits per heavy atom. The first-order chi connectivity index (χ1) is 4.57. The molecule has 0 aromatic carbocycles. The average Bonchev–Trinajstić information content (AvgIpc) is 1.85. The van der Waals surface area contributed by atoms with Crippen molar-refractivity contribution < 1.29 is 9.53 Å². The maximum absolute atomic E-state index is 10.8. The fraction of sp³-hybridized carbons (Fsp3) is 0.875. The van der Waals surface area contributed by atoms with Crippen molar-refractivity contribution in [3.05, 3.63) is 0 Å². The van der Waals surface area contributed by atoms with Crippen LogP contribution in [0.2, 0.25) is 0 Å². The van der Waals surface area contributed by atoms with Crippen LogP contribution >= 0.6 is 12.4 Å². The van der Waals surface area contributed by atoms with Crippen molar-refractivity contribution in [1.29, 1.82) is 0 Å². The van der Waals surface area contributed by atoms with Gasteiger partial charge in [-0.25, -0.2) is 0 Å². The predicted molar refractivity (Wildman–Crippen MR) is 47.9 cm³/mol. The molecule has 3 heteroatoms. The molecule has 0 aliphatic heterocycles. The standard InChI is InChI=1S/C8H16O2.ClH/c1-6(2)5-7(3)8(9)10-4;/h6-7H,5H2,1-4H3;1H/t7-;/m0./s1. The Bertz CT molecular complexity index is 113. The van der Waals surface area contributed by atoms with Gasteiger partial charge in [0, 0.05) is 0 Å². The number of rotatable bonds is 3. The van der Waals surface area contributed by atoms with E-state index in [9.17, 15) is 4.79 Å². The van der Waals surface area contributed by atoms with Gasteiger partial charge in [-0.2, -0.15) is 0 Å². The first-order valence-electron chi connectivity index (χ1n) is 3.65. The fourth-order valence-electron chi connectivity index (χ4n) is 1.00. The lowest BCUT2D eigenvalue weighted by Gasteiger charge is -2.10. The van der Waals surface area contributed by atoms with Gasteiger partial charge in [0.1, 0.15) is 0 Å². The van der Waals surface area contributed by atoms with E-state index in [4.69, 9.17) is 0 Å². The summed E-state index contributed by atoms with van der Waals surface area (Å²) in [6.45, 7) is 6.09. The molecule has 0 aliphatic carbocycles. The van der Waals surface area contributed by atoms with Crippen LogP contribution < -0.4 is 0 Å². The molecule has 0 amide bonds. The fourth-order valence-corrected chi connectivity index (χ4v) is 1.00. The maximum atomic E-state index is 10.8. The van der Waals surface area contributed by atoms with Crippen molar-refractivity contribution in [2.45, 2.75) is 27.2 Å². The highest BCUT2D eigenvalue weighted by atomic mass is 35.5. The number of ether oxygens (including phenoxy) is 1. The lowest BCUT2D eigenvalue weighted by molar-refractivity contribution is -0.145. The van der Waals surface area contributed by atoms with Crippen molar-refractivity contribution in [3.63, 3.8) is 0 Å². The van der Waals surface area contributed by atoms with Crippen molar-refractivity contribution in [1.82, 2.24) is 0 Å². The van der Waals surface area contributed by atoms with Crippen molar-refractivity contribution in [2.75, 3.05) is 7.11 Å². The van der Waals surface area contributed by atoms with E-state index >= 15 is 0 Å². The van der Waals surface area contributed by atoms with Gasteiger partial charge in [-0.1, -0.05) is 20.8 Å². The van der Waals surface area contributed by atoms with E-state index in [1.807, 2.05) is 6.92 Å². The molecule has 11 heavy (non-hydrogen) atoms. The molecule has 0 unspecified atom stereocenters. The molecular weight excluding hydrogens is 164 g/mol. The van der Waals surface area contributed by atoms with Gasteiger partial charge in [0.2, 0.25) is 0 Å². The van der Waals surface area contributed by atoms with Crippen LogP contribution in [0.5, 0.6) is 0 Å². The van der Waals surface area contributed by atoms with E-state index in [1.165, 1.54) is 7.11 Å². The summed E-state index contributed by atoms with van der Waals surface area (Å²) in [5.41, 5.74) is 0. The van der Waals surface area contributed by atoms with Gasteiger partial charge in [-0.05, 0) is 12.3 Å². The summed E-state index contributed by atoms with van der Waals surface area (Å²) in [5.74, 6) is 0.507. The van der Waals surface area contributed by atoms with E-state index in [-0.39, 0.29) is 24.3 Å². The Labute approximate surface area is 74.7 Å². The minimum absolute atomic E-state index is 0. The van der Waals surface area contributed by atoms with Crippen LogP contribution in [0.1, 0.15) is 27.2 Å². The number of carbonyl (C=O) groups is 1. The topological polar surface area (TPSA) is 26.3 Å². The van der Waals surface area contributed by atoms with E-state index in [0.717, 1.165) is 6.42 Å². The zero-order valence-electron chi connectivity index (χ0n) is 7.59. The number of methoxy groups -OCH3 is 1. The van der Waals surface area contributed by atoms with Crippen LogP contribution in [0.4, 0.5) is 0 Å². The highest BCUT2D eigenvalue weighted by Crippen LogP contribution is 2.11. The second-order valence-corrected chi connectivity index (χ2v) is 3.05. The van der Waals surface area contributed by atoms with Crippen molar-refractivity contribution >= 4 is 18.4 Å². The smallest absolute Gasteiger partial charge is 0.308 e. The molecule has 2 nitrogen and oxygen atoms in total. The lowest BCUT2D eigenvalue weighted by Crippen LogP contribution is -2.14. The van der Waals surface area contributed by atoms with Crippen LogP contribution in [-0.4, -0.2) is 13.1 Å². The third kappa shape index (κ3) is 6.17. The summed E-state index contributed by atoms with van der Waals surface area (Å²) in [6.07, 6.45) is 0.909. The van der Waals surface area contributed by atoms with Gasteiger partial charge in [-0.15, -0.1) is 12.4 Å². The van der Waals surface area contributed by atoms with Gasteiger partial charge >= 0.3 is 5.97 Å². The molecule has 0 rings (SSSR count). The molecule has 0 saturated heterocycles. The number of hydrogen-bond donors (Lipinski definition) is 0.